The van der Waals surface area contributed by atoms with Crippen LogP contribution in [0, 0.1) is 6.92 Å². The lowest BCUT2D eigenvalue weighted by atomic mass is 10.2. The molecule has 0 fully saturated rings. The van der Waals surface area contributed by atoms with Crippen LogP contribution < -0.4 is 4.52 Å². The molecule has 1 atom stereocenters. The quantitative estimate of drug-likeness (QED) is 0.459. The summed E-state index contributed by atoms with van der Waals surface area (Å²) in [6, 6.07) is 6.09. The minimum atomic E-state index is -2.26. The highest BCUT2D eigenvalue weighted by Crippen LogP contribution is 2.60. The molecule has 108 valence electrons. The summed E-state index contributed by atoms with van der Waals surface area (Å²) in [5.74, 6) is 1.79. The number of hydrogen-bond donors (Lipinski definition) is 0. The van der Waals surface area contributed by atoms with Gasteiger partial charge in [-0.15, -0.1) is 11.8 Å². The van der Waals surface area contributed by atoms with Crippen molar-refractivity contribution < 1.29 is 9.05 Å². The van der Waals surface area contributed by atoms with E-state index in [0.717, 1.165) is 17.9 Å². The number of benzene rings is 1. The molecular formula is C13H21O2PS3. The molecule has 1 aromatic carbocycles. The van der Waals surface area contributed by atoms with E-state index in [1.165, 1.54) is 10.5 Å². The van der Waals surface area contributed by atoms with Crippen LogP contribution in [0.2, 0.25) is 0 Å². The van der Waals surface area contributed by atoms with E-state index in [9.17, 15) is 0 Å². The Kier molecular flexibility index (Phi) is 7.85. The van der Waals surface area contributed by atoms with Crippen molar-refractivity contribution in [3.05, 3.63) is 23.8 Å². The highest BCUT2D eigenvalue weighted by Gasteiger charge is 2.20. The van der Waals surface area contributed by atoms with Crippen LogP contribution in [0.4, 0.5) is 0 Å². The fourth-order valence-corrected chi connectivity index (χ4v) is 6.77. The second-order valence-electron chi connectivity index (χ2n) is 3.92. The van der Waals surface area contributed by atoms with Crippen LogP contribution in [0.1, 0.15) is 25.8 Å². The standard InChI is InChI=1S/C13H21O2PS3/c1-5-9-19-16(17,14-6-2)15-12-7-8-13(18-4)11(3)10-12/h7-8,10H,5-6,9H2,1-4H3. The molecule has 0 aliphatic carbocycles. The molecule has 19 heavy (non-hydrogen) atoms. The highest BCUT2D eigenvalue weighted by molar-refractivity contribution is 8.68. The van der Waals surface area contributed by atoms with Gasteiger partial charge in [0.1, 0.15) is 5.75 Å². The van der Waals surface area contributed by atoms with Gasteiger partial charge in [-0.1, -0.05) is 18.3 Å². The second-order valence-corrected chi connectivity index (χ2v) is 11.1. The number of hydrogen-bond acceptors (Lipinski definition) is 5. The van der Waals surface area contributed by atoms with Gasteiger partial charge in [0, 0.05) is 10.6 Å². The first kappa shape index (κ1) is 17.4. The SMILES string of the molecule is CCCSP(=S)(OCC)Oc1ccc(SC)c(C)c1. The maximum Gasteiger partial charge on any atom is 0.297 e. The summed E-state index contributed by atoms with van der Waals surface area (Å²) in [5, 5.41) is 0. The third kappa shape index (κ3) is 5.68. The molecule has 0 spiro atoms. The highest BCUT2D eigenvalue weighted by atomic mass is 32.9. The predicted molar refractivity (Wildman–Crippen MR) is 92.2 cm³/mol. The molecule has 1 aromatic rings. The normalized spacial score (nSPS) is 14.1. The molecule has 0 N–H and O–H groups in total. The zero-order valence-electron chi connectivity index (χ0n) is 11.8. The topological polar surface area (TPSA) is 18.5 Å². The van der Waals surface area contributed by atoms with Gasteiger partial charge < -0.3 is 9.05 Å². The van der Waals surface area contributed by atoms with Gasteiger partial charge in [-0.05, 0) is 62.1 Å². The Morgan fingerprint density at radius 2 is 2.05 bits per heavy atom. The first-order chi connectivity index (χ1) is 9.04. The van der Waals surface area contributed by atoms with Crippen LogP contribution in [0.5, 0.6) is 5.75 Å². The molecule has 0 bridgehead atoms. The molecule has 0 saturated carbocycles. The molecule has 0 heterocycles. The monoisotopic (exact) mass is 336 g/mol. The minimum Gasteiger partial charge on any atom is -0.436 e. The first-order valence-electron chi connectivity index (χ1n) is 6.28. The van der Waals surface area contributed by atoms with Crippen LogP contribution in [-0.4, -0.2) is 18.6 Å². The third-order valence-electron chi connectivity index (χ3n) is 2.32. The number of aryl methyl sites for hydroxylation is 1. The molecule has 2 nitrogen and oxygen atoms in total. The van der Waals surface area contributed by atoms with Crippen molar-refractivity contribution in [2.45, 2.75) is 32.1 Å². The van der Waals surface area contributed by atoms with E-state index in [4.69, 9.17) is 20.9 Å². The van der Waals surface area contributed by atoms with Gasteiger partial charge in [-0.3, -0.25) is 0 Å². The molecule has 0 aliphatic rings. The Hall–Kier alpha value is 0.330. The summed E-state index contributed by atoms with van der Waals surface area (Å²) in [6.45, 7) is 6.77. The summed E-state index contributed by atoms with van der Waals surface area (Å²) in [5.41, 5.74) is -1.05. The Labute approximate surface area is 130 Å². The largest absolute Gasteiger partial charge is 0.436 e. The Balaban J connectivity index is 2.84. The van der Waals surface area contributed by atoms with E-state index in [1.807, 2.05) is 19.1 Å². The predicted octanol–water partition coefficient (Wildman–Crippen LogP) is 5.50. The molecule has 6 heteroatoms. The van der Waals surface area contributed by atoms with Gasteiger partial charge >= 0.3 is 0 Å². The Morgan fingerprint density at radius 3 is 2.58 bits per heavy atom. The number of thioether (sulfide) groups is 1. The maximum absolute atomic E-state index is 5.98. The fourth-order valence-electron chi connectivity index (χ4n) is 1.49. The average Bonchev–Trinajstić information content (AvgIpc) is 2.37. The van der Waals surface area contributed by atoms with Crippen molar-refractivity contribution in [3.63, 3.8) is 0 Å². The van der Waals surface area contributed by atoms with Crippen LogP contribution in [0.25, 0.3) is 0 Å². The number of rotatable bonds is 8. The molecular weight excluding hydrogens is 315 g/mol. The first-order valence-corrected chi connectivity index (χ1v) is 11.7. The summed E-state index contributed by atoms with van der Waals surface area (Å²) in [7, 11) is 0. The van der Waals surface area contributed by atoms with E-state index in [2.05, 4.69) is 26.2 Å². The summed E-state index contributed by atoms with van der Waals surface area (Å²) in [4.78, 5) is 1.26. The Morgan fingerprint density at radius 1 is 1.32 bits per heavy atom. The lowest BCUT2D eigenvalue weighted by molar-refractivity contribution is 0.344. The van der Waals surface area contributed by atoms with Crippen molar-refractivity contribution >= 4 is 40.6 Å². The molecule has 0 radical (unpaired) electrons. The van der Waals surface area contributed by atoms with E-state index < -0.39 is 5.69 Å². The molecule has 0 amide bonds. The van der Waals surface area contributed by atoms with Crippen LogP contribution in [0.15, 0.2) is 23.1 Å². The van der Waals surface area contributed by atoms with E-state index in [0.29, 0.717) is 6.61 Å². The van der Waals surface area contributed by atoms with Crippen molar-refractivity contribution in [3.8, 4) is 5.75 Å². The molecule has 1 unspecified atom stereocenters. The lowest BCUT2D eigenvalue weighted by Crippen LogP contribution is -1.96. The summed E-state index contributed by atoms with van der Waals surface area (Å²) in [6.07, 6.45) is 3.15. The lowest BCUT2D eigenvalue weighted by Gasteiger charge is -2.21. The molecule has 1 rings (SSSR count). The van der Waals surface area contributed by atoms with Crippen LogP contribution in [-0.2, 0) is 16.3 Å². The molecule has 0 aromatic heterocycles. The maximum atomic E-state index is 5.98. The van der Waals surface area contributed by atoms with Gasteiger partial charge in [0.2, 0.25) is 0 Å². The van der Waals surface area contributed by atoms with Gasteiger partial charge in [0.25, 0.3) is 5.69 Å². The fraction of sp³-hybridized carbons (Fsp3) is 0.538. The average molecular weight is 336 g/mol. The van der Waals surface area contributed by atoms with Crippen molar-refractivity contribution in [1.29, 1.82) is 0 Å². The van der Waals surface area contributed by atoms with E-state index in [-0.39, 0.29) is 0 Å². The van der Waals surface area contributed by atoms with Crippen molar-refractivity contribution in [1.82, 2.24) is 0 Å². The smallest absolute Gasteiger partial charge is 0.297 e. The van der Waals surface area contributed by atoms with Crippen molar-refractivity contribution in [2.24, 2.45) is 0 Å². The van der Waals surface area contributed by atoms with Crippen LogP contribution in [0.3, 0.4) is 0 Å². The van der Waals surface area contributed by atoms with Gasteiger partial charge in [-0.2, -0.15) is 0 Å². The zero-order chi connectivity index (χ0) is 14.3. The molecule has 0 aliphatic heterocycles. The Bertz CT molecular complexity index is 452. The zero-order valence-corrected chi connectivity index (χ0v) is 15.2. The van der Waals surface area contributed by atoms with Crippen LogP contribution >= 0.6 is 28.8 Å². The van der Waals surface area contributed by atoms with E-state index >= 15 is 0 Å². The van der Waals surface area contributed by atoms with Gasteiger partial charge in [0.15, 0.2) is 0 Å². The van der Waals surface area contributed by atoms with E-state index in [1.54, 1.807) is 23.1 Å². The van der Waals surface area contributed by atoms with Crippen molar-refractivity contribution in [2.75, 3.05) is 18.6 Å². The van der Waals surface area contributed by atoms with Gasteiger partial charge in [0.05, 0.1) is 6.61 Å². The minimum absolute atomic E-state index is 0.593. The second kappa shape index (κ2) is 8.58. The summed E-state index contributed by atoms with van der Waals surface area (Å²) < 4.78 is 11.7. The molecule has 0 saturated heterocycles. The summed E-state index contributed by atoms with van der Waals surface area (Å²) >= 11 is 8.95. The third-order valence-corrected chi connectivity index (χ3v) is 8.66. The van der Waals surface area contributed by atoms with Gasteiger partial charge in [-0.25, -0.2) is 0 Å².